The van der Waals surface area contributed by atoms with E-state index in [-0.39, 0.29) is 31.3 Å². The quantitative estimate of drug-likeness (QED) is 0.0770. The first-order valence-electron chi connectivity index (χ1n) is 17.9. The minimum atomic E-state index is -3.99. The fourth-order valence-corrected chi connectivity index (χ4v) is 12.2. The largest absolute Gasteiger partial charge is 0.459 e. The van der Waals surface area contributed by atoms with Crippen molar-refractivity contribution in [1.82, 2.24) is 9.80 Å². The third-order valence-corrected chi connectivity index (χ3v) is 15.5. The lowest BCUT2D eigenvalue weighted by Crippen LogP contribution is -2.66. The summed E-state index contributed by atoms with van der Waals surface area (Å²) in [4.78, 5) is 52.8. The third kappa shape index (κ3) is 10.7. The van der Waals surface area contributed by atoms with Gasteiger partial charge in [-0.05, 0) is 48.0 Å². The normalized spacial score (nSPS) is 18.7. The molecule has 53 heavy (non-hydrogen) atoms. The second-order valence-electron chi connectivity index (χ2n) is 16.4. The van der Waals surface area contributed by atoms with Crippen LogP contribution in [0.15, 0.2) is 72.8 Å². The highest BCUT2D eigenvalue weighted by Gasteiger charge is 2.50. The van der Waals surface area contributed by atoms with E-state index in [9.17, 15) is 27.6 Å². The molecule has 0 aliphatic carbocycles. The number of benzene rings is 2. The first-order chi connectivity index (χ1) is 24.7. The molecule has 2 aromatic rings. The van der Waals surface area contributed by atoms with Gasteiger partial charge in [0.2, 0.25) is 5.91 Å². The molecule has 1 fully saturated rings. The van der Waals surface area contributed by atoms with E-state index in [4.69, 9.17) is 18.1 Å². The number of imide groups is 1. The van der Waals surface area contributed by atoms with Crippen molar-refractivity contribution in [2.45, 2.75) is 91.0 Å². The zero-order valence-electron chi connectivity index (χ0n) is 32.1. The first-order valence-corrected chi connectivity index (χ1v) is 21.4. The monoisotopic (exact) mass is 770 g/mol. The maximum Gasteiger partial charge on any atom is 0.326 e. The number of hydrogen-bond donors (Lipinski definition) is 0. The van der Waals surface area contributed by atoms with Gasteiger partial charge in [0.15, 0.2) is 0 Å². The number of likely N-dealkylation sites (tertiary alicyclic amines) is 1. The molecule has 0 spiro atoms. The number of rotatable bonds is 17. The average molecular weight is 771 g/mol. The van der Waals surface area contributed by atoms with Gasteiger partial charge in [-0.2, -0.15) is 8.42 Å². The Morgan fingerprint density at radius 3 is 1.89 bits per heavy atom. The summed E-state index contributed by atoms with van der Waals surface area (Å²) in [5, 5.41) is 2.13. The Bertz CT molecular complexity index is 1690. The number of amides is 3. The van der Waals surface area contributed by atoms with Crippen LogP contribution in [0.5, 0.6) is 0 Å². The third-order valence-electron chi connectivity index (χ3n) is 9.31. The highest BCUT2D eigenvalue weighted by molar-refractivity contribution is 7.86. The van der Waals surface area contributed by atoms with Gasteiger partial charge in [-0.25, -0.2) is 0 Å². The van der Waals surface area contributed by atoms with Gasteiger partial charge in [-0.3, -0.25) is 28.3 Å². The summed E-state index contributed by atoms with van der Waals surface area (Å²) >= 11 is 0. The van der Waals surface area contributed by atoms with E-state index in [0.29, 0.717) is 13.0 Å². The van der Waals surface area contributed by atoms with Crippen molar-refractivity contribution in [2.24, 2.45) is 5.41 Å². The summed E-state index contributed by atoms with van der Waals surface area (Å²) in [6.07, 6.45) is 2.75. The summed E-state index contributed by atoms with van der Waals surface area (Å²) in [7, 11) is -6.75. The SMILES string of the molecule is CC(C)(CCO[Si](c1ccccc1)(c1ccccc1)C(C)(C)C)COS(=O)(=O)CCOC[C@@H]1C[C@@H](N2C(=O)C=CC2=O)C(=O)N1CC(=O)OC(C)(C)C. The van der Waals surface area contributed by atoms with Gasteiger partial charge in [-0.15, -0.1) is 0 Å². The molecule has 2 atom stereocenters. The predicted octanol–water partition coefficient (Wildman–Crippen LogP) is 3.58. The minimum absolute atomic E-state index is 0.0220. The van der Waals surface area contributed by atoms with Gasteiger partial charge < -0.3 is 18.8 Å². The van der Waals surface area contributed by atoms with Crippen molar-refractivity contribution in [2.75, 3.05) is 38.7 Å². The van der Waals surface area contributed by atoms with Crippen LogP contribution in [0.1, 0.15) is 68.2 Å². The van der Waals surface area contributed by atoms with Crippen LogP contribution in [0.25, 0.3) is 0 Å². The van der Waals surface area contributed by atoms with Crippen LogP contribution in [0.3, 0.4) is 0 Å². The molecule has 2 heterocycles. The molecular formula is C39H54N2O10SSi. The van der Waals surface area contributed by atoms with Crippen LogP contribution < -0.4 is 10.4 Å². The van der Waals surface area contributed by atoms with E-state index in [1.165, 1.54) is 4.90 Å². The fraction of sp³-hybridized carbons (Fsp3) is 0.538. The van der Waals surface area contributed by atoms with Gasteiger partial charge in [0.05, 0.1) is 31.6 Å². The Morgan fingerprint density at radius 1 is 0.830 bits per heavy atom. The van der Waals surface area contributed by atoms with E-state index in [0.717, 1.165) is 27.4 Å². The smallest absolute Gasteiger partial charge is 0.326 e. The molecule has 2 aromatic carbocycles. The van der Waals surface area contributed by atoms with Gasteiger partial charge in [0.1, 0.15) is 18.2 Å². The van der Waals surface area contributed by atoms with E-state index in [2.05, 4.69) is 45.0 Å². The lowest BCUT2D eigenvalue weighted by atomic mass is 9.91. The number of carbonyl (C=O) groups excluding carboxylic acids is 4. The molecule has 0 unspecified atom stereocenters. The lowest BCUT2D eigenvalue weighted by molar-refractivity contribution is -0.159. The number of nitrogens with zero attached hydrogens (tertiary/aromatic N) is 2. The summed E-state index contributed by atoms with van der Waals surface area (Å²) in [5.74, 6) is -2.93. The zero-order valence-corrected chi connectivity index (χ0v) is 33.9. The second kappa shape index (κ2) is 16.8. The standard InChI is InChI=1S/C39H54N2O10SSi/c1-37(2,3)51-35(44)26-40-29(25-32(36(40)45)41-33(42)19-20-34(41)43)27-48-23-24-52(46,47)49-28-39(7,8)21-22-50-53(38(4,5)6,30-15-11-9-12-16-30)31-17-13-10-14-18-31/h9-20,29,32H,21-28H2,1-8H3/t29-,32+/m0/s1. The van der Waals surface area contributed by atoms with Crippen molar-refractivity contribution in [3.05, 3.63) is 72.8 Å². The van der Waals surface area contributed by atoms with Crippen LogP contribution in [-0.4, -0.2) is 107 Å². The Morgan fingerprint density at radius 2 is 1.38 bits per heavy atom. The van der Waals surface area contributed by atoms with Crippen LogP contribution in [0.4, 0.5) is 0 Å². The van der Waals surface area contributed by atoms with Gasteiger partial charge in [-0.1, -0.05) is 95.3 Å². The molecule has 1 saturated heterocycles. The minimum Gasteiger partial charge on any atom is -0.459 e. The topological polar surface area (TPSA) is 146 Å². The number of ether oxygens (including phenoxy) is 2. The second-order valence-corrected chi connectivity index (χ2v) is 22.4. The van der Waals surface area contributed by atoms with E-state index in [1.54, 1.807) is 20.8 Å². The van der Waals surface area contributed by atoms with Crippen molar-refractivity contribution in [3.8, 4) is 0 Å². The van der Waals surface area contributed by atoms with Crippen molar-refractivity contribution >= 4 is 52.5 Å². The number of esters is 1. The Kier molecular flexibility index (Phi) is 13.3. The Balaban J connectivity index is 1.33. The first kappa shape index (κ1) is 42.1. The van der Waals surface area contributed by atoms with Crippen molar-refractivity contribution < 1.29 is 45.7 Å². The molecular weight excluding hydrogens is 717 g/mol. The lowest BCUT2D eigenvalue weighted by Gasteiger charge is -2.43. The van der Waals surface area contributed by atoms with Gasteiger partial charge >= 0.3 is 5.97 Å². The maximum atomic E-state index is 13.4. The molecule has 2 aliphatic rings. The van der Waals surface area contributed by atoms with Crippen molar-refractivity contribution in [3.63, 3.8) is 0 Å². The fourth-order valence-electron chi connectivity index (χ4n) is 6.67. The summed E-state index contributed by atoms with van der Waals surface area (Å²) in [6.45, 7) is 15.1. The van der Waals surface area contributed by atoms with Crippen LogP contribution >= 0.6 is 0 Å². The molecule has 4 rings (SSSR count). The highest BCUT2D eigenvalue weighted by atomic mass is 32.2. The summed E-state index contributed by atoms with van der Waals surface area (Å²) < 4.78 is 49.5. The van der Waals surface area contributed by atoms with Gasteiger partial charge in [0, 0.05) is 25.2 Å². The Hall–Kier alpha value is -3.69. The van der Waals surface area contributed by atoms with E-state index < -0.39 is 77.5 Å². The molecule has 0 N–H and O–H groups in total. The van der Waals surface area contributed by atoms with E-state index >= 15 is 0 Å². The van der Waals surface area contributed by atoms with Crippen LogP contribution in [0, 0.1) is 5.41 Å². The molecule has 2 aliphatic heterocycles. The molecule has 0 aromatic heterocycles. The Labute approximate surface area is 315 Å². The molecule has 0 radical (unpaired) electrons. The molecule has 0 saturated carbocycles. The molecule has 14 heteroatoms. The number of carbonyl (C=O) groups is 4. The van der Waals surface area contributed by atoms with Crippen LogP contribution in [0.2, 0.25) is 5.04 Å². The predicted molar refractivity (Wildman–Crippen MR) is 203 cm³/mol. The molecule has 290 valence electrons. The average Bonchev–Trinajstić information content (AvgIpc) is 3.55. The number of hydrogen-bond acceptors (Lipinski definition) is 10. The van der Waals surface area contributed by atoms with Crippen molar-refractivity contribution in [1.29, 1.82) is 0 Å². The van der Waals surface area contributed by atoms with Crippen LogP contribution in [-0.2, 0) is 47.4 Å². The molecule has 12 nitrogen and oxygen atoms in total. The summed E-state index contributed by atoms with van der Waals surface area (Å²) in [5.41, 5.74) is -1.34. The zero-order chi connectivity index (χ0) is 39.2. The van der Waals surface area contributed by atoms with E-state index in [1.807, 2.05) is 50.2 Å². The molecule has 0 bridgehead atoms. The highest BCUT2D eigenvalue weighted by Crippen LogP contribution is 2.37. The van der Waals surface area contributed by atoms with Gasteiger partial charge in [0.25, 0.3) is 30.2 Å². The summed E-state index contributed by atoms with van der Waals surface area (Å²) in [6, 6.07) is 18.8. The maximum absolute atomic E-state index is 13.4. The molecule has 3 amide bonds.